The summed E-state index contributed by atoms with van der Waals surface area (Å²) < 4.78 is 0. The molecule has 0 N–H and O–H groups in total. The molecule has 0 amide bonds. The van der Waals surface area contributed by atoms with E-state index in [1.807, 2.05) is 37.3 Å². The van der Waals surface area contributed by atoms with Crippen molar-refractivity contribution < 1.29 is 0 Å². The predicted octanol–water partition coefficient (Wildman–Crippen LogP) is 3.11. The lowest BCUT2D eigenvalue weighted by Gasteiger charge is -2.15. The lowest BCUT2D eigenvalue weighted by Crippen LogP contribution is -2.04. The minimum absolute atomic E-state index is 0.214. The van der Waals surface area contributed by atoms with E-state index >= 15 is 0 Å². The molecule has 0 aliphatic rings. The van der Waals surface area contributed by atoms with Crippen LogP contribution in [0.15, 0.2) is 50.1 Å². The van der Waals surface area contributed by atoms with Crippen molar-refractivity contribution >= 4 is 0 Å². The van der Waals surface area contributed by atoms with Crippen LogP contribution in [0, 0.1) is 5.41 Å². The van der Waals surface area contributed by atoms with Gasteiger partial charge in [-0.15, -0.1) is 19.7 Å². The standard InChI is InChI=1S/C10H14/c1-5-9-10(6-2,7-3)8-4/h5-9H,2-4H2,1H3. The smallest absolute Gasteiger partial charge is 0.0415 e. The lowest BCUT2D eigenvalue weighted by atomic mass is 9.88. The molecule has 0 radical (unpaired) electrons. The minimum atomic E-state index is -0.214. The Hall–Kier alpha value is -1.04. The first kappa shape index (κ1) is 8.96. The average molecular weight is 134 g/mol. The molecule has 0 aliphatic heterocycles. The highest BCUT2D eigenvalue weighted by atomic mass is 14.1. The number of hydrogen-bond acceptors (Lipinski definition) is 0. The van der Waals surface area contributed by atoms with Crippen LogP contribution in [0.2, 0.25) is 0 Å². The van der Waals surface area contributed by atoms with Crippen molar-refractivity contribution in [3.8, 4) is 0 Å². The third-order valence-corrected chi connectivity index (χ3v) is 1.52. The molecule has 0 unspecified atom stereocenters. The van der Waals surface area contributed by atoms with Gasteiger partial charge in [-0.25, -0.2) is 0 Å². The van der Waals surface area contributed by atoms with E-state index in [2.05, 4.69) is 19.7 Å². The summed E-state index contributed by atoms with van der Waals surface area (Å²) in [4.78, 5) is 0. The first-order valence-electron chi connectivity index (χ1n) is 3.29. The van der Waals surface area contributed by atoms with Gasteiger partial charge in [0.25, 0.3) is 0 Å². The molecule has 0 aromatic carbocycles. The topological polar surface area (TPSA) is 0 Å². The van der Waals surface area contributed by atoms with Gasteiger partial charge < -0.3 is 0 Å². The zero-order valence-corrected chi connectivity index (χ0v) is 6.51. The Kier molecular flexibility index (Phi) is 3.48. The summed E-state index contributed by atoms with van der Waals surface area (Å²) in [5, 5.41) is 0. The van der Waals surface area contributed by atoms with Gasteiger partial charge in [0.05, 0.1) is 0 Å². The maximum Gasteiger partial charge on any atom is 0.0415 e. The fourth-order valence-corrected chi connectivity index (χ4v) is 0.743. The van der Waals surface area contributed by atoms with Crippen molar-refractivity contribution in [2.75, 3.05) is 0 Å². The highest BCUT2D eigenvalue weighted by Crippen LogP contribution is 2.22. The summed E-state index contributed by atoms with van der Waals surface area (Å²) in [5.74, 6) is 0. The maximum atomic E-state index is 3.70. The molecule has 0 rings (SSSR count). The van der Waals surface area contributed by atoms with Gasteiger partial charge in [-0.2, -0.15) is 0 Å². The van der Waals surface area contributed by atoms with Crippen molar-refractivity contribution in [3.63, 3.8) is 0 Å². The van der Waals surface area contributed by atoms with Gasteiger partial charge in [-0.05, 0) is 6.92 Å². The molecule has 0 aromatic heterocycles. The van der Waals surface area contributed by atoms with E-state index in [9.17, 15) is 0 Å². The molecule has 0 bridgehead atoms. The van der Waals surface area contributed by atoms with Gasteiger partial charge in [0.1, 0.15) is 0 Å². The molecule has 0 fully saturated rings. The van der Waals surface area contributed by atoms with Gasteiger partial charge in [0.15, 0.2) is 0 Å². The van der Waals surface area contributed by atoms with Crippen molar-refractivity contribution in [2.45, 2.75) is 6.92 Å². The predicted molar refractivity (Wildman–Crippen MR) is 47.8 cm³/mol. The highest BCUT2D eigenvalue weighted by Gasteiger charge is 2.11. The fraction of sp³-hybridized carbons (Fsp3) is 0.200. The highest BCUT2D eigenvalue weighted by molar-refractivity contribution is 5.25. The molecule has 0 aliphatic carbocycles. The van der Waals surface area contributed by atoms with Crippen LogP contribution in [-0.4, -0.2) is 0 Å². The first-order valence-corrected chi connectivity index (χ1v) is 3.29. The van der Waals surface area contributed by atoms with Crippen LogP contribution in [0.4, 0.5) is 0 Å². The van der Waals surface area contributed by atoms with Gasteiger partial charge in [-0.3, -0.25) is 0 Å². The van der Waals surface area contributed by atoms with Crippen LogP contribution < -0.4 is 0 Å². The second-order valence-electron chi connectivity index (χ2n) is 2.11. The Morgan fingerprint density at radius 1 is 1.00 bits per heavy atom. The van der Waals surface area contributed by atoms with E-state index in [-0.39, 0.29) is 5.41 Å². The molecule has 0 heteroatoms. The average Bonchev–Trinajstić information content (AvgIpc) is 2.01. The van der Waals surface area contributed by atoms with Crippen LogP contribution in [0.1, 0.15) is 6.92 Å². The quantitative estimate of drug-likeness (QED) is 0.518. The summed E-state index contributed by atoms with van der Waals surface area (Å²) in [5.41, 5.74) is -0.214. The van der Waals surface area contributed by atoms with Gasteiger partial charge in [-0.1, -0.05) is 30.4 Å². The normalized spacial score (nSPS) is 11.3. The summed E-state index contributed by atoms with van der Waals surface area (Å²) in [6, 6.07) is 0. The number of hydrogen-bond donors (Lipinski definition) is 0. The summed E-state index contributed by atoms with van der Waals surface area (Å²) in [6.45, 7) is 13.1. The zero-order valence-electron chi connectivity index (χ0n) is 6.51. The van der Waals surface area contributed by atoms with E-state index in [4.69, 9.17) is 0 Å². The molecule has 0 spiro atoms. The Morgan fingerprint density at radius 2 is 1.40 bits per heavy atom. The third-order valence-electron chi connectivity index (χ3n) is 1.52. The molecule has 0 aromatic rings. The maximum absolute atomic E-state index is 3.70. The van der Waals surface area contributed by atoms with Crippen LogP contribution >= 0.6 is 0 Å². The van der Waals surface area contributed by atoms with E-state index in [1.165, 1.54) is 0 Å². The van der Waals surface area contributed by atoms with Crippen LogP contribution in [0.5, 0.6) is 0 Å². The molecule has 0 saturated carbocycles. The van der Waals surface area contributed by atoms with E-state index in [0.29, 0.717) is 0 Å². The van der Waals surface area contributed by atoms with Crippen molar-refractivity contribution in [1.29, 1.82) is 0 Å². The van der Waals surface area contributed by atoms with Gasteiger partial charge in [0.2, 0.25) is 0 Å². The first-order chi connectivity index (χ1) is 4.74. The lowest BCUT2D eigenvalue weighted by molar-refractivity contribution is 0.827. The van der Waals surface area contributed by atoms with Crippen LogP contribution in [0.3, 0.4) is 0 Å². The van der Waals surface area contributed by atoms with Crippen molar-refractivity contribution in [3.05, 3.63) is 50.1 Å². The Labute approximate surface area is 63.3 Å². The van der Waals surface area contributed by atoms with Crippen LogP contribution in [-0.2, 0) is 0 Å². The second-order valence-corrected chi connectivity index (χ2v) is 2.11. The fourth-order valence-electron chi connectivity index (χ4n) is 0.743. The Morgan fingerprint density at radius 3 is 1.50 bits per heavy atom. The Bertz CT molecular complexity index is 139. The van der Waals surface area contributed by atoms with Crippen LogP contribution in [0.25, 0.3) is 0 Å². The molecule has 0 saturated heterocycles. The molecule has 0 atom stereocenters. The number of rotatable bonds is 4. The second kappa shape index (κ2) is 3.89. The van der Waals surface area contributed by atoms with E-state index in [1.54, 1.807) is 0 Å². The zero-order chi connectivity index (χ0) is 8.04. The Balaban J connectivity index is 4.62. The SMILES string of the molecule is C=CC(C=C)(C=C)C=CC. The number of allylic oxidation sites excluding steroid dienone is 5. The van der Waals surface area contributed by atoms with Gasteiger partial charge in [0, 0.05) is 5.41 Å². The summed E-state index contributed by atoms with van der Waals surface area (Å²) in [6.07, 6.45) is 9.40. The monoisotopic (exact) mass is 134 g/mol. The molecule has 10 heavy (non-hydrogen) atoms. The van der Waals surface area contributed by atoms with E-state index < -0.39 is 0 Å². The summed E-state index contributed by atoms with van der Waals surface area (Å²) in [7, 11) is 0. The third kappa shape index (κ3) is 1.73. The van der Waals surface area contributed by atoms with Crippen molar-refractivity contribution in [1.82, 2.24) is 0 Å². The van der Waals surface area contributed by atoms with Gasteiger partial charge >= 0.3 is 0 Å². The minimum Gasteiger partial charge on any atom is -0.102 e. The molecular formula is C10H14. The largest absolute Gasteiger partial charge is 0.102 e. The molecule has 0 heterocycles. The van der Waals surface area contributed by atoms with E-state index in [0.717, 1.165) is 0 Å². The molecular weight excluding hydrogens is 120 g/mol. The van der Waals surface area contributed by atoms with Crippen molar-refractivity contribution in [2.24, 2.45) is 5.41 Å². The molecule has 54 valence electrons. The molecule has 0 nitrogen and oxygen atoms in total. The summed E-state index contributed by atoms with van der Waals surface area (Å²) >= 11 is 0.